The maximum atomic E-state index is 12.9. The summed E-state index contributed by atoms with van der Waals surface area (Å²) in [5.74, 6) is -0.165. The van der Waals surface area contributed by atoms with Crippen molar-refractivity contribution in [2.24, 2.45) is 0 Å². The monoisotopic (exact) mass is 394 g/mol. The lowest BCUT2D eigenvalue weighted by Gasteiger charge is -2.08. The number of rotatable bonds is 2. The number of hydrogen-bond acceptors (Lipinski definition) is 1. The Kier molecular flexibility index (Phi) is 4.31. The highest BCUT2D eigenvalue weighted by atomic mass is 79.9. The summed E-state index contributed by atoms with van der Waals surface area (Å²) in [6.07, 6.45) is 2.34. The summed E-state index contributed by atoms with van der Waals surface area (Å²) in [7, 11) is 0. The largest absolute Gasteiger partial charge is 0.281 e. The normalized spacial score (nSPS) is 11.1. The van der Waals surface area contributed by atoms with Gasteiger partial charge in [0.05, 0.1) is 21.1 Å². The molecule has 2 aromatic carbocycles. The molecule has 0 aliphatic heterocycles. The Bertz CT molecular complexity index is 886. The molecule has 0 amide bonds. The van der Waals surface area contributed by atoms with Gasteiger partial charge in [0.15, 0.2) is 0 Å². The maximum Gasteiger partial charge on any atom is 0.263 e. The summed E-state index contributed by atoms with van der Waals surface area (Å²) >= 11 is 15.9. The van der Waals surface area contributed by atoms with E-state index in [2.05, 4.69) is 22.9 Å². The molecule has 0 aliphatic carbocycles. The number of nitrogens with zero attached hydrogens (tertiary/aromatic N) is 1. The Balaban J connectivity index is 2.29. The van der Waals surface area contributed by atoms with Crippen molar-refractivity contribution in [3.8, 4) is 0 Å². The van der Waals surface area contributed by atoms with Crippen LogP contribution in [-0.2, 0) is 6.42 Å². The van der Waals surface area contributed by atoms with Gasteiger partial charge in [0.25, 0.3) is 5.91 Å². The van der Waals surface area contributed by atoms with E-state index in [9.17, 15) is 4.79 Å². The molecule has 22 heavy (non-hydrogen) atoms. The van der Waals surface area contributed by atoms with Crippen LogP contribution in [-0.4, -0.2) is 10.5 Å². The van der Waals surface area contributed by atoms with Gasteiger partial charge in [0, 0.05) is 16.1 Å². The number of aromatic nitrogens is 1. The van der Waals surface area contributed by atoms with E-state index in [1.165, 1.54) is 0 Å². The molecule has 3 aromatic rings. The molecule has 0 spiro atoms. The van der Waals surface area contributed by atoms with E-state index in [0.717, 1.165) is 15.4 Å². The zero-order chi connectivity index (χ0) is 15.9. The third kappa shape index (κ3) is 2.47. The van der Waals surface area contributed by atoms with Crippen molar-refractivity contribution >= 4 is 55.9 Å². The minimum atomic E-state index is -0.165. The first-order chi connectivity index (χ1) is 10.5. The van der Waals surface area contributed by atoms with Crippen LogP contribution in [0.3, 0.4) is 0 Å². The predicted molar refractivity (Wildman–Crippen MR) is 94.9 cm³/mol. The molecule has 0 fully saturated rings. The predicted octanol–water partition coefficient (Wildman–Crippen LogP) is 5.78. The molecule has 2 nitrogen and oxygen atoms in total. The number of carbonyl (C=O) groups is 1. The maximum absolute atomic E-state index is 12.9. The molecule has 0 saturated heterocycles. The first-order valence-corrected chi connectivity index (χ1v) is 8.16. The Hall–Kier alpha value is -1.29. The van der Waals surface area contributed by atoms with E-state index in [1.807, 2.05) is 24.3 Å². The summed E-state index contributed by atoms with van der Waals surface area (Å²) in [5.41, 5.74) is 2.13. The lowest BCUT2D eigenvalue weighted by molar-refractivity contribution is 0.0964. The van der Waals surface area contributed by atoms with Gasteiger partial charge in [-0.2, -0.15) is 0 Å². The first kappa shape index (κ1) is 15.6. The number of hydrogen-bond donors (Lipinski definition) is 0. The van der Waals surface area contributed by atoms with Crippen LogP contribution in [0, 0.1) is 6.92 Å². The standard InChI is InChI=1S/C17H11BrCl2NO/c1-2-10-9-21(16-11(10)7-8-14(19)15(16)20)17(22)12-5-3-4-6-13(12)18/h3-9H,1-2H2. The van der Waals surface area contributed by atoms with Gasteiger partial charge < -0.3 is 0 Å². The van der Waals surface area contributed by atoms with Gasteiger partial charge in [-0.25, -0.2) is 0 Å². The van der Waals surface area contributed by atoms with Crippen molar-refractivity contribution in [1.29, 1.82) is 0 Å². The van der Waals surface area contributed by atoms with E-state index >= 15 is 0 Å². The van der Waals surface area contributed by atoms with E-state index in [0.29, 0.717) is 27.5 Å². The van der Waals surface area contributed by atoms with Crippen LogP contribution in [0.15, 0.2) is 47.1 Å². The van der Waals surface area contributed by atoms with Gasteiger partial charge in [-0.15, -0.1) is 0 Å². The molecule has 1 heterocycles. The summed E-state index contributed by atoms with van der Waals surface area (Å²) < 4.78 is 2.28. The van der Waals surface area contributed by atoms with Crippen LogP contribution in [0.1, 0.15) is 15.9 Å². The smallest absolute Gasteiger partial charge is 0.263 e. The van der Waals surface area contributed by atoms with Gasteiger partial charge in [-0.3, -0.25) is 9.36 Å². The zero-order valence-corrected chi connectivity index (χ0v) is 14.5. The molecule has 111 valence electrons. The quantitative estimate of drug-likeness (QED) is 0.539. The summed E-state index contributed by atoms with van der Waals surface area (Å²) in [6, 6.07) is 10.9. The molecular weight excluding hydrogens is 385 g/mol. The van der Waals surface area contributed by atoms with Gasteiger partial charge in [0.2, 0.25) is 0 Å². The minimum Gasteiger partial charge on any atom is -0.281 e. The van der Waals surface area contributed by atoms with Crippen LogP contribution in [0.25, 0.3) is 10.9 Å². The Morgan fingerprint density at radius 1 is 1.18 bits per heavy atom. The molecule has 0 saturated carbocycles. The fraction of sp³-hybridized carbons (Fsp3) is 0.0588. The highest BCUT2D eigenvalue weighted by Gasteiger charge is 2.19. The van der Waals surface area contributed by atoms with Crippen LogP contribution in [0.4, 0.5) is 0 Å². The van der Waals surface area contributed by atoms with Gasteiger partial charge in [-0.1, -0.05) is 41.4 Å². The summed E-state index contributed by atoms with van der Waals surface area (Å²) in [5, 5.41) is 1.69. The highest BCUT2D eigenvalue weighted by molar-refractivity contribution is 9.10. The third-order valence-corrected chi connectivity index (χ3v) is 5.02. The molecular formula is C17H11BrCl2NO. The SMILES string of the molecule is [CH2]Cc1cn(C(=O)c2ccccc2Br)c2c(Cl)c(Cl)ccc12. The zero-order valence-electron chi connectivity index (χ0n) is 11.4. The lowest BCUT2D eigenvalue weighted by atomic mass is 10.1. The van der Waals surface area contributed by atoms with E-state index in [1.54, 1.807) is 22.9 Å². The van der Waals surface area contributed by atoms with Crippen molar-refractivity contribution in [3.05, 3.63) is 75.2 Å². The van der Waals surface area contributed by atoms with E-state index in [-0.39, 0.29) is 5.91 Å². The second-order valence-corrected chi connectivity index (χ2v) is 6.46. The fourth-order valence-corrected chi connectivity index (χ4v) is 3.31. The van der Waals surface area contributed by atoms with Crippen LogP contribution in [0.5, 0.6) is 0 Å². The molecule has 0 N–H and O–H groups in total. The molecule has 0 atom stereocenters. The van der Waals surface area contributed by atoms with Gasteiger partial charge in [-0.05, 0) is 53.0 Å². The van der Waals surface area contributed by atoms with Crippen molar-refractivity contribution in [3.63, 3.8) is 0 Å². The number of halogens is 3. The molecule has 5 heteroatoms. The van der Waals surface area contributed by atoms with Crippen molar-refractivity contribution in [2.45, 2.75) is 6.42 Å². The third-order valence-electron chi connectivity index (χ3n) is 3.53. The molecule has 1 radical (unpaired) electrons. The molecule has 1 aromatic heterocycles. The molecule has 0 bridgehead atoms. The average Bonchev–Trinajstić information content (AvgIpc) is 2.90. The van der Waals surface area contributed by atoms with Gasteiger partial charge in [0.1, 0.15) is 0 Å². The first-order valence-electron chi connectivity index (χ1n) is 6.61. The number of carbonyl (C=O) groups excluding carboxylic acids is 1. The summed E-state index contributed by atoms with van der Waals surface area (Å²) in [4.78, 5) is 12.9. The van der Waals surface area contributed by atoms with Crippen molar-refractivity contribution < 1.29 is 4.79 Å². The molecule has 0 unspecified atom stereocenters. The number of benzene rings is 2. The Labute approximate surface area is 146 Å². The number of fused-ring (bicyclic) bond motifs is 1. The van der Waals surface area contributed by atoms with Crippen molar-refractivity contribution in [2.75, 3.05) is 0 Å². The Morgan fingerprint density at radius 2 is 1.91 bits per heavy atom. The summed E-state index contributed by atoms with van der Waals surface area (Å²) in [6.45, 7) is 3.91. The minimum absolute atomic E-state index is 0.165. The average molecular weight is 396 g/mol. The Morgan fingerprint density at radius 3 is 2.59 bits per heavy atom. The molecule has 3 rings (SSSR count). The lowest BCUT2D eigenvalue weighted by Crippen LogP contribution is -2.11. The van der Waals surface area contributed by atoms with E-state index < -0.39 is 0 Å². The van der Waals surface area contributed by atoms with Crippen LogP contribution >= 0.6 is 39.1 Å². The second kappa shape index (κ2) is 6.07. The second-order valence-electron chi connectivity index (χ2n) is 4.82. The van der Waals surface area contributed by atoms with Crippen LogP contribution in [0.2, 0.25) is 10.0 Å². The van der Waals surface area contributed by atoms with E-state index in [4.69, 9.17) is 23.2 Å². The topological polar surface area (TPSA) is 22.0 Å². The van der Waals surface area contributed by atoms with Crippen molar-refractivity contribution in [1.82, 2.24) is 4.57 Å². The highest BCUT2D eigenvalue weighted by Crippen LogP contribution is 2.34. The fourth-order valence-electron chi connectivity index (χ4n) is 2.45. The van der Waals surface area contributed by atoms with Crippen LogP contribution < -0.4 is 0 Å². The molecule has 0 aliphatic rings. The van der Waals surface area contributed by atoms with Gasteiger partial charge >= 0.3 is 0 Å².